The SMILES string of the molecule is OC[C@H]1O[C@@H](N2C=Nc3c(ncn3S)C2)[C@H](O)[C@@H]1O. The topological polar surface area (TPSA) is 103 Å². The number of hydrogen-bond acceptors (Lipinski definition) is 8. The lowest BCUT2D eigenvalue weighted by Gasteiger charge is -2.29. The molecule has 0 aliphatic carbocycles. The first-order valence-electron chi connectivity index (χ1n) is 5.79. The summed E-state index contributed by atoms with van der Waals surface area (Å²) in [5.41, 5.74) is 0.704. The zero-order chi connectivity index (χ0) is 13.6. The van der Waals surface area contributed by atoms with Crippen LogP contribution < -0.4 is 0 Å². The summed E-state index contributed by atoms with van der Waals surface area (Å²) in [4.78, 5) is 9.95. The highest BCUT2D eigenvalue weighted by Gasteiger charge is 2.45. The van der Waals surface area contributed by atoms with E-state index >= 15 is 0 Å². The number of imidazole rings is 1. The van der Waals surface area contributed by atoms with Gasteiger partial charge < -0.3 is 25.0 Å². The molecule has 3 N–H and O–H groups in total. The first-order valence-corrected chi connectivity index (χ1v) is 6.19. The lowest BCUT2D eigenvalue weighted by Crippen LogP contribution is -2.43. The predicted molar refractivity (Wildman–Crippen MR) is 68.1 cm³/mol. The molecule has 0 unspecified atom stereocenters. The molecule has 2 aliphatic heterocycles. The standard InChI is InChI=1S/C10H14N4O4S/c15-2-6-7(16)8(17)10(18-6)13-1-5-9(12-3-13)14(19)4-11-5/h3-4,6-8,10,15-17,19H,1-2H2/t6-,7-,8-,10-/m1/s1. The molecule has 0 spiro atoms. The summed E-state index contributed by atoms with van der Waals surface area (Å²) in [6, 6.07) is 0. The predicted octanol–water partition coefficient (Wildman–Crippen LogP) is -1.51. The highest BCUT2D eigenvalue weighted by atomic mass is 32.1. The van der Waals surface area contributed by atoms with Gasteiger partial charge in [0.2, 0.25) is 0 Å². The Hall–Kier alpha value is -1.13. The quantitative estimate of drug-likeness (QED) is 0.493. The fourth-order valence-electron chi connectivity index (χ4n) is 2.27. The fraction of sp³-hybridized carbons (Fsp3) is 0.600. The minimum atomic E-state index is -1.12. The maximum Gasteiger partial charge on any atom is 0.169 e. The van der Waals surface area contributed by atoms with Crippen molar-refractivity contribution < 1.29 is 20.1 Å². The van der Waals surface area contributed by atoms with Crippen LogP contribution in [0.15, 0.2) is 11.3 Å². The lowest BCUT2D eigenvalue weighted by atomic mass is 10.1. The summed E-state index contributed by atoms with van der Waals surface area (Å²) in [5.74, 6) is 0.631. The van der Waals surface area contributed by atoms with Crippen LogP contribution in [0.25, 0.3) is 0 Å². The second-order valence-electron chi connectivity index (χ2n) is 4.51. The van der Waals surface area contributed by atoms with Crippen LogP contribution in [0.2, 0.25) is 0 Å². The third-order valence-corrected chi connectivity index (χ3v) is 3.60. The van der Waals surface area contributed by atoms with Crippen molar-refractivity contribution >= 4 is 25.0 Å². The van der Waals surface area contributed by atoms with Crippen LogP contribution in [0.5, 0.6) is 0 Å². The van der Waals surface area contributed by atoms with E-state index in [2.05, 4.69) is 22.8 Å². The number of hydrogen-bond donors (Lipinski definition) is 4. The van der Waals surface area contributed by atoms with Crippen LogP contribution in [-0.2, 0) is 11.3 Å². The van der Waals surface area contributed by atoms with Gasteiger partial charge in [0.15, 0.2) is 12.0 Å². The van der Waals surface area contributed by atoms with Crippen molar-refractivity contribution in [2.75, 3.05) is 6.61 Å². The lowest BCUT2D eigenvalue weighted by molar-refractivity contribution is -0.0729. The van der Waals surface area contributed by atoms with Crippen molar-refractivity contribution in [3.8, 4) is 0 Å². The van der Waals surface area contributed by atoms with Gasteiger partial charge in [0, 0.05) is 0 Å². The smallest absolute Gasteiger partial charge is 0.169 e. The average Bonchev–Trinajstić information content (AvgIpc) is 2.92. The molecule has 104 valence electrons. The maximum atomic E-state index is 9.93. The zero-order valence-electron chi connectivity index (χ0n) is 9.86. The number of aromatic nitrogens is 2. The summed E-state index contributed by atoms with van der Waals surface area (Å²) in [7, 11) is 0. The largest absolute Gasteiger partial charge is 0.394 e. The number of fused-ring (bicyclic) bond motifs is 1. The number of aliphatic hydroxyl groups excluding tert-OH is 3. The Morgan fingerprint density at radius 1 is 1.42 bits per heavy atom. The van der Waals surface area contributed by atoms with E-state index in [1.54, 1.807) is 4.90 Å². The molecule has 9 heteroatoms. The van der Waals surface area contributed by atoms with E-state index in [9.17, 15) is 10.2 Å². The molecule has 0 saturated carbocycles. The Labute approximate surface area is 114 Å². The molecule has 1 fully saturated rings. The molecule has 2 aliphatic rings. The van der Waals surface area contributed by atoms with Crippen molar-refractivity contribution in [1.29, 1.82) is 0 Å². The molecule has 3 heterocycles. The number of ether oxygens (including phenoxy) is 1. The molecule has 0 amide bonds. The Kier molecular flexibility index (Phi) is 3.23. The van der Waals surface area contributed by atoms with Crippen molar-refractivity contribution in [3.63, 3.8) is 0 Å². The maximum absolute atomic E-state index is 9.93. The molecular weight excluding hydrogens is 272 g/mol. The molecule has 1 aromatic heterocycles. The Balaban J connectivity index is 1.79. The van der Waals surface area contributed by atoms with Crippen LogP contribution in [0.3, 0.4) is 0 Å². The van der Waals surface area contributed by atoms with Gasteiger partial charge in [0.25, 0.3) is 0 Å². The molecule has 4 atom stereocenters. The van der Waals surface area contributed by atoms with Gasteiger partial charge in [-0.3, -0.25) is 3.97 Å². The summed E-state index contributed by atoms with van der Waals surface area (Å²) >= 11 is 4.16. The van der Waals surface area contributed by atoms with Gasteiger partial charge in [0.05, 0.1) is 19.5 Å². The Morgan fingerprint density at radius 2 is 2.21 bits per heavy atom. The van der Waals surface area contributed by atoms with Gasteiger partial charge in [-0.15, -0.1) is 0 Å². The average molecular weight is 286 g/mol. The third kappa shape index (κ3) is 2.03. The zero-order valence-corrected chi connectivity index (χ0v) is 10.8. The van der Waals surface area contributed by atoms with Crippen molar-refractivity contribution in [3.05, 3.63) is 12.0 Å². The second-order valence-corrected chi connectivity index (χ2v) is 4.94. The molecule has 3 rings (SSSR count). The fourth-order valence-corrected chi connectivity index (χ4v) is 2.49. The summed E-state index contributed by atoms with van der Waals surface area (Å²) in [6.45, 7) is 0.0369. The van der Waals surface area contributed by atoms with E-state index in [0.717, 1.165) is 0 Å². The molecule has 0 radical (unpaired) electrons. The molecule has 0 aromatic carbocycles. The van der Waals surface area contributed by atoms with Crippen LogP contribution in [0, 0.1) is 0 Å². The number of nitrogens with zero attached hydrogens (tertiary/aromatic N) is 4. The van der Waals surface area contributed by atoms with Gasteiger partial charge in [-0.1, -0.05) is 12.8 Å². The molecule has 0 bridgehead atoms. The summed E-state index contributed by atoms with van der Waals surface area (Å²) < 4.78 is 6.93. The first kappa shape index (κ1) is 12.9. The Bertz CT molecular complexity index is 508. The molecular formula is C10H14N4O4S. The van der Waals surface area contributed by atoms with Crippen molar-refractivity contribution in [2.24, 2.45) is 4.99 Å². The van der Waals surface area contributed by atoms with Crippen molar-refractivity contribution in [1.82, 2.24) is 13.9 Å². The van der Waals surface area contributed by atoms with E-state index in [1.807, 2.05) is 0 Å². The van der Waals surface area contributed by atoms with E-state index in [4.69, 9.17) is 9.84 Å². The second kappa shape index (κ2) is 4.76. The van der Waals surface area contributed by atoms with Crippen LogP contribution in [0.4, 0.5) is 5.82 Å². The Morgan fingerprint density at radius 3 is 2.89 bits per heavy atom. The van der Waals surface area contributed by atoms with Crippen LogP contribution in [0.1, 0.15) is 5.69 Å². The van der Waals surface area contributed by atoms with E-state index in [-0.39, 0.29) is 6.61 Å². The van der Waals surface area contributed by atoms with E-state index in [1.165, 1.54) is 16.6 Å². The van der Waals surface area contributed by atoms with Crippen LogP contribution >= 0.6 is 12.8 Å². The normalized spacial score (nSPS) is 33.8. The van der Waals surface area contributed by atoms with Gasteiger partial charge >= 0.3 is 0 Å². The number of thiol groups is 1. The van der Waals surface area contributed by atoms with Crippen molar-refractivity contribution in [2.45, 2.75) is 31.1 Å². The molecule has 19 heavy (non-hydrogen) atoms. The van der Waals surface area contributed by atoms with E-state index in [0.29, 0.717) is 18.1 Å². The number of rotatable bonds is 2. The summed E-state index contributed by atoms with van der Waals surface area (Å²) in [6.07, 6.45) is -0.731. The van der Waals surface area contributed by atoms with Gasteiger partial charge in [-0.2, -0.15) is 0 Å². The number of aliphatic imine (C=N–C) groups is 1. The minimum Gasteiger partial charge on any atom is -0.394 e. The van der Waals surface area contributed by atoms with E-state index < -0.39 is 24.5 Å². The van der Waals surface area contributed by atoms with Gasteiger partial charge in [0.1, 0.15) is 30.3 Å². The molecule has 1 aromatic rings. The molecule has 1 saturated heterocycles. The van der Waals surface area contributed by atoms with Gasteiger partial charge in [-0.05, 0) is 0 Å². The summed E-state index contributed by atoms with van der Waals surface area (Å²) in [5, 5.41) is 28.7. The molecule has 8 nitrogen and oxygen atoms in total. The highest BCUT2D eigenvalue weighted by Crippen LogP contribution is 2.29. The monoisotopic (exact) mass is 286 g/mol. The number of aliphatic hydroxyl groups is 3. The minimum absolute atomic E-state index is 0.351. The van der Waals surface area contributed by atoms with Gasteiger partial charge in [-0.25, -0.2) is 9.98 Å². The van der Waals surface area contributed by atoms with Crippen LogP contribution in [-0.4, -0.2) is 66.7 Å². The third-order valence-electron chi connectivity index (χ3n) is 3.30. The first-order chi connectivity index (χ1) is 9.11. The highest BCUT2D eigenvalue weighted by molar-refractivity contribution is 7.78.